The predicted octanol–water partition coefficient (Wildman–Crippen LogP) is 4.61. The van der Waals surface area contributed by atoms with Crippen molar-refractivity contribution in [1.82, 2.24) is 9.88 Å². The molecule has 0 bridgehead atoms. The van der Waals surface area contributed by atoms with Crippen molar-refractivity contribution in [3.63, 3.8) is 0 Å². The summed E-state index contributed by atoms with van der Waals surface area (Å²) in [6.45, 7) is 7.62. The molecule has 2 heterocycles. The van der Waals surface area contributed by atoms with Crippen LogP contribution < -0.4 is 20.4 Å². The number of Topliss-reactive ketones (excluding diaryl/α,β-unsaturated/α-hetero) is 1. The molecule has 8 rings (SSSR count). The third-order valence-corrected chi connectivity index (χ3v) is 15.6. The number of ether oxygens (including phenoxy) is 4. The maximum absolute atomic E-state index is 17.5. The van der Waals surface area contributed by atoms with E-state index in [-0.39, 0.29) is 72.7 Å². The molecule has 9 atom stereocenters. The molecule has 3 N–H and O–H groups in total. The van der Waals surface area contributed by atoms with Gasteiger partial charge in [0, 0.05) is 61.1 Å². The van der Waals surface area contributed by atoms with Crippen LogP contribution in [0.2, 0.25) is 0 Å². The summed E-state index contributed by atoms with van der Waals surface area (Å²) >= 11 is 0. The summed E-state index contributed by atoms with van der Waals surface area (Å²) < 4.78 is 56.6. The quantitative estimate of drug-likeness (QED) is 0.135. The highest BCUT2D eigenvalue weighted by Crippen LogP contribution is 2.70. The van der Waals surface area contributed by atoms with Gasteiger partial charge in [-0.1, -0.05) is 25.5 Å². The van der Waals surface area contributed by atoms with Gasteiger partial charge in [-0.25, -0.2) is 13.6 Å². The average Bonchev–Trinajstić information content (AvgIpc) is 4.09. The largest absolute Gasteiger partial charge is 0.492 e. The van der Waals surface area contributed by atoms with Crippen molar-refractivity contribution in [3.05, 3.63) is 57.7 Å². The summed E-state index contributed by atoms with van der Waals surface area (Å²) in [5.41, 5.74) is -6.31. The zero-order valence-electron chi connectivity index (χ0n) is 37.6. The van der Waals surface area contributed by atoms with E-state index in [9.17, 15) is 39.0 Å². The molecule has 1 unspecified atom stereocenters. The molecule has 6 aliphatic rings. The summed E-state index contributed by atoms with van der Waals surface area (Å²) in [7, 11) is 1.43. The number of nitrogens with one attached hydrogen (secondary N) is 1. The van der Waals surface area contributed by atoms with Crippen LogP contribution in [0.4, 0.5) is 14.5 Å². The number of rotatable bonds is 14. The number of anilines is 1. The van der Waals surface area contributed by atoms with Crippen LogP contribution in [0.25, 0.3) is 10.9 Å². The third kappa shape index (κ3) is 7.68. The number of piperazine rings is 1. The molecule has 65 heavy (non-hydrogen) atoms. The number of aliphatic hydroxyl groups is 2. The van der Waals surface area contributed by atoms with Crippen molar-refractivity contribution in [3.8, 4) is 5.75 Å². The van der Waals surface area contributed by atoms with Crippen molar-refractivity contribution >= 4 is 46.1 Å². The van der Waals surface area contributed by atoms with Crippen molar-refractivity contribution in [2.45, 2.75) is 115 Å². The molecule has 15 nitrogen and oxygen atoms in total. The van der Waals surface area contributed by atoms with Gasteiger partial charge in [0.05, 0.1) is 50.2 Å². The summed E-state index contributed by atoms with van der Waals surface area (Å²) in [5, 5.41) is 27.1. The van der Waals surface area contributed by atoms with Crippen molar-refractivity contribution < 1.29 is 61.9 Å². The number of ketones is 2. The van der Waals surface area contributed by atoms with Crippen LogP contribution in [0.5, 0.6) is 5.75 Å². The second-order valence-corrected chi connectivity index (χ2v) is 19.4. The summed E-state index contributed by atoms with van der Waals surface area (Å²) in [6.07, 6.45) is 5.89. The van der Waals surface area contributed by atoms with E-state index in [1.165, 1.54) is 25.5 Å². The molecule has 1 aromatic heterocycles. The molecule has 5 fully saturated rings. The van der Waals surface area contributed by atoms with E-state index >= 15 is 8.78 Å². The van der Waals surface area contributed by atoms with Gasteiger partial charge in [0.2, 0.25) is 11.2 Å². The third-order valence-electron chi connectivity index (χ3n) is 15.6. The molecular formula is C48H59F2N3O12. The Bertz CT molecular complexity index is 2430. The Morgan fingerprint density at radius 2 is 1.71 bits per heavy atom. The van der Waals surface area contributed by atoms with Crippen LogP contribution in [0.15, 0.2) is 40.9 Å². The standard InChI is InChI=1S/C48H59F2N3O12/c1-26-19-34-33-10-7-28-20-30(54)13-14-45(28,3)47(33,50)36(55)22-46(34,4)48(26,61)37(56)25-65-39(58)12-11-38(57)63-17-6-18-64-44(60)32-24-53(29-8-9-29)40-31(42(32)59)21-35(49)41(43(40)62-5)52-16-15-51-27(2)23-52/h13-14,20-21,24,26-27,29,33-34,36,51,55,61H,6-12,15-19,22-23,25H2,1-5H3/t26-,27?,33+,34+,36+,45+,46+,47+,48+/m0/s1. The Kier molecular flexibility index (Phi) is 12.4. The van der Waals surface area contributed by atoms with Crippen LogP contribution in [0.3, 0.4) is 0 Å². The number of hydrogen-bond donors (Lipinski definition) is 3. The van der Waals surface area contributed by atoms with Gasteiger partial charge < -0.3 is 43.9 Å². The first-order valence-electron chi connectivity index (χ1n) is 22.8. The number of pyridine rings is 1. The molecule has 1 aromatic carbocycles. The Hall–Kier alpha value is -5.00. The molecule has 352 valence electrons. The molecule has 0 spiro atoms. The number of esters is 3. The predicted molar refractivity (Wildman–Crippen MR) is 232 cm³/mol. The number of alkyl halides is 1. The fourth-order valence-electron chi connectivity index (χ4n) is 12.1. The van der Waals surface area contributed by atoms with Gasteiger partial charge in [0.1, 0.15) is 16.9 Å². The summed E-state index contributed by atoms with van der Waals surface area (Å²) in [6, 6.07) is 1.25. The number of benzene rings is 1. The zero-order valence-corrected chi connectivity index (χ0v) is 37.6. The van der Waals surface area contributed by atoms with Crippen LogP contribution in [0.1, 0.15) is 102 Å². The Balaban J connectivity index is 0.816. The van der Waals surface area contributed by atoms with E-state index in [4.69, 9.17) is 18.9 Å². The van der Waals surface area contributed by atoms with Gasteiger partial charge >= 0.3 is 17.9 Å². The number of halogens is 2. The van der Waals surface area contributed by atoms with Crippen LogP contribution in [0, 0.1) is 34.4 Å². The zero-order chi connectivity index (χ0) is 46.8. The number of carbonyl (C=O) groups is 5. The molecule has 0 amide bonds. The van der Waals surface area contributed by atoms with Crippen molar-refractivity contribution in [1.29, 1.82) is 0 Å². The minimum atomic E-state index is -2.13. The Morgan fingerprint density at radius 1 is 1.00 bits per heavy atom. The SMILES string of the molecule is COc1c(N2CCNC(C)C2)c(F)cc2c(=O)c(C(=O)OCCCOC(=O)CCC(=O)OCC(=O)[C@]3(O)[C@@H](C)C[C@@H]4[C@H]5CCC6=CC(=O)C=C[C@@]6(C)[C@]5(F)[C@H](O)C[C@]43C)cn(C3CC3)c12. The van der Waals surface area contributed by atoms with Gasteiger partial charge in [-0.05, 0) is 82.4 Å². The van der Waals surface area contributed by atoms with Gasteiger partial charge in [-0.2, -0.15) is 0 Å². The molecule has 5 aliphatic carbocycles. The average molecular weight is 908 g/mol. The molecule has 17 heteroatoms. The highest BCUT2D eigenvalue weighted by Gasteiger charge is 2.75. The lowest BCUT2D eigenvalue weighted by molar-refractivity contribution is -0.220. The number of fused-ring (bicyclic) bond motifs is 6. The number of methoxy groups -OCH3 is 1. The van der Waals surface area contributed by atoms with Crippen LogP contribution in [-0.4, -0.2) is 114 Å². The minimum absolute atomic E-state index is 0.00194. The van der Waals surface area contributed by atoms with E-state index in [1.807, 2.05) is 11.8 Å². The van der Waals surface area contributed by atoms with E-state index < -0.39 is 93.9 Å². The Labute approximate surface area is 375 Å². The second kappa shape index (κ2) is 17.3. The molecule has 2 aromatic rings. The highest BCUT2D eigenvalue weighted by molar-refractivity contribution is 6.01. The van der Waals surface area contributed by atoms with Gasteiger partial charge in [0.25, 0.3) is 0 Å². The number of carbonyl (C=O) groups excluding carboxylic acids is 5. The molecule has 0 radical (unpaired) electrons. The number of aromatic nitrogens is 1. The maximum Gasteiger partial charge on any atom is 0.343 e. The molecule has 1 aliphatic heterocycles. The molecular weight excluding hydrogens is 849 g/mol. The lowest BCUT2D eigenvalue weighted by Gasteiger charge is -2.62. The van der Waals surface area contributed by atoms with Gasteiger partial charge in [-0.15, -0.1) is 0 Å². The topological polar surface area (TPSA) is 200 Å². The minimum Gasteiger partial charge on any atom is -0.492 e. The maximum atomic E-state index is 17.5. The highest BCUT2D eigenvalue weighted by atomic mass is 19.1. The first-order valence-corrected chi connectivity index (χ1v) is 22.8. The fourth-order valence-corrected chi connectivity index (χ4v) is 12.1. The van der Waals surface area contributed by atoms with E-state index in [0.29, 0.717) is 50.0 Å². The first-order chi connectivity index (χ1) is 30.8. The number of hydrogen-bond acceptors (Lipinski definition) is 14. The summed E-state index contributed by atoms with van der Waals surface area (Å²) in [5.74, 6) is -5.82. The first kappa shape index (κ1) is 46.5. The lowest BCUT2D eigenvalue weighted by atomic mass is 9.44. The molecule has 4 saturated carbocycles. The van der Waals surface area contributed by atoms with E-state index in [0.717, 1.165) is 18.9 Å². The van der Waals surface area contributed by atoms with Crippen LogP contribution in [-0.2, 0) is 33.4 Å². The Morgan fingerprint density at radius 3 is 2.40 bits per heavy atom. The van der Waals surface area contributed by atoms with Crippen molar-refractivity contribution in [2.75, 3.05) is 51.5 Å². The number of allylic oxidation sites excluding steroid dienone is 4. The van der Waals surface area contributed by atoms with Crippen LogP contribution >= 0.6 is 0 Å². The second-order valence-electron chi connectivity index (χ2n) is 19.4. The van der Waals surface area contributed by atoms with Gasteiger partial charge in [0.15, 0.2) is 29.6 Å². The van der Waals surface area contributed by atoms with Crippen molar-refractivity contribution in [2.24, 2.45) is 28.6 Å². The number of nitrogens with zero attached hydrogens (tertiary/aromatic N) is 2. The van der Waals surface area contributed by atoms with Gasteiger partial charge in [-0.3, -0.25) is 24.0 Å². The van der Waals surface area contributed by atoms with E-state index in [1.54, 1.807) is 31.4 Å². The normalized spacial score (nSPS) is 32.8. The summed E-state index contributed by atoms with van der Waals surface area (Å²) in [4.78, 5) is 79.9. The monoisotopic (exact) mass is 907 g/mol. The smallest absolute Gasteiger partial charge is 0.343 e. The fraction of sp³-hybridized carbons (Fsp3) is 0.625. The van der Waals surface area contributed by atoms with E-state index in [2.05, 4.69) is 5.32 Å². The number of aliphatic hydroxyl groups excluding tert-OH is 1. The lowest BCUT2D eigenvalue weighted by Crippen LogP contribution is -2.69. The molecule has 1 saturated heterocycles.